The molecule has 0 unspecified atom stereocenters. The molecule has 0 radical (unpaired) electrons. The Balaban J connectivity index is 1.92. The molecule has 11 nitrogen and oxygen atoms in total. The molecule has 1 heterocycles. The van der Waals surface area contributed by atoms with Gasteiger partial charge >= 0.3 is 0 Å². The number of nitrogens with one attached hydrogen (secondary N) is 1. The Morgan fingerprint density at radius 3 is 2.85 bits per heavy atom. The minimum absolute atomic E-state index is 0.0115. The van der Waals surface area contributed by atoms with Crippen molar-refractivity contribution in [3.63, 3.8) is 0 Å². The van der Waals surface area contributed by atoms with E-state index in [9.17, 15) is 18.0 Å². The minimum atomic E-state index is -3.94. The van der Waals surface area contributed by atoms with Gasteiger partial charge < -0.3 is 9.94 Å². The van der Waals surface area contributed by atoms with E-state index >= 15 is 0 Å². The summed E-state index contributed by atoms with van der Waals surface area (Å²) in [7, 11) is -3.94. The molecule has 13 heteroatoms. The average Bonchev–Trinajstić information content (AvgIpc) is 3.06. The van der Waals surface area contributed by atoms with E-state index in [-0.39, 0.29) is 49.2 Å². The van der Waals surface area contributed by atoms with Gasteiger partial charge in [0.25, 0.3) is 10.2 Å². The lowest BCUT2D eigenvalue weighted by Crippen LogP contribution is -2.31. The summed E-state index contributed by atoms with van der Waals surface area (Å²) in [6, 6.07) is 4.51. The number of oxime groups is 1. The van der Waals surface area contributed by atoms with Crippen molar-refractivity contribution in [1.29, 1.82) is 0 Å². The van der Waals surface area contributed by atoms with E-state index in [1.165, 1.54) is 6.07 Å². The zero-order valence-corrected chi connectivity index (χ0v) is 15.1. The molecule has 1 aromatic heterocycles. The van der Waals surface area contributed by atoms with Crippen LogP contribution in [0.4, 0.5) is 4.39 Å². The van der Waals surface area contributed by atoms with Crippen LogP contribution in [0.3, 0.4) is 0 Å². The molecule has 0 spiro atoms. The third-order valence-corrected chi connectivity index (χ3v) is 3.64. The van der Waals surface area contributed by atoms with Gasteiger partial charge in [-0.2, -0.15) is 8.42 Å². The van der Waals surface area contributed by atoms with Gasteiger partial charge in [0, 0.05) is 6.42 Å². The third kappa shape index (κ3) is 6.65. The minimum Gasteiger partial charge on any atom is -0.411 e. The molecule has 27 heavy (non-hydrogen) atoms. The molecule has 0 saturated carbocycles. The Morgan fingerprint density at radius 2 is 2.19 bits per heavy atom. The molecule has 1 aromatic carbocycles. The maximum atomic E-state index is 13.4. The Morgan fingerprint density at radius 1 is 1.41 bits per heavy atom. The van der Waals surface area contributed by atoms with Crippen LogP contribution in [0, 0.1) is 12.7 Å². The summed E-state index contributed by atoms with van der Waals surface area (Å²) in [5, 5.41) is 24.6. The van der Waals surface area contributed by atoms with Gasteiger partial charge in [0.1, 0.15) is 17.2 Å². The van der Waals surface area contributed by atoms with E-state index in [0.29, 0.717) is 11.1 Å². The average molecular weight is 403 g/mol. The van der Waals surface area contributed by atoms with E-state index in [4.69, 9.17) is 4.74 Å². The summed E-state index contributed by atoms with van der Waals surface area (Å²) in [6.07, 6.45) is 0.167. The highest BCUT2D eigenvalue weighted by Gasteiger charge is 2.18. The van der Waals surface area contributed by atoms with Crippen molar-refractivity contribution in [2.75, 3.05) is 13.2 Å². The number of hydrogen-bond acceptors (Lipinski definition) is 9. The molecule has 0 aliphatic carbocycles. The van der Waals surface area contributed by atoms with Crippen LogP contribution in [0.25, 0.3) is 0 Å². The fourth-order valence-electron chi connectivity index (χ4n) is 2.09. The zero-order chi connectivity index (χ0) is 19.9. The quantitative estimate of drug-likeness (QED) is 0.219. The second kappa shape index (κ2) is 9.48. The van der Waals surface area contributed by atoms with Crippen molar-refractivity contribution in [3.05, 3.63) is 46.5 Å². The van der Waals surface area contributed by atoms with Crippen LogP contribution < -0.4 is 10.0 Å². The molecule has 0 saturated heterocycles. The van der Waals surface area contributed by atoms with Gasteiger partial charge in [-0.05, 0) is 29.3 Å². The highest BCUT2D eigenvalue weighted by Crippen LogP contribution is 2.14. The van der Waals surface area contributed by atoms with E-state index in [1.54, 1.807) is 23.9 Å². The molecule has 4 N–H and O–H groups in total. The molecular weight excluding hydrogens is 385 g/mol. The number of hydrogen-bond donors (Lipinski definition) is 3. The van der Waals surface area contributed by atoms with Crippen LogP contribution in [-0.4, -0.2) is 42.9 Å². The fraction of sp³-hybridized carbons (Fsp3) is 0.357. The monoisotopic (exact) mass is 403 g/mol. The molecule has 0 amide bonds. The summed E-state index contributed by atoms with van der Waals surface area (Å²) in [5.74, 6) is -0.336. The van der Waals surface area contributed by atoms with Gasteiger partial charge in [-0.25, -0.2) is 14.2 Å². The SMILES string of the molecule is Cc1cc(C/C(=N\O)c2nonc2COCCONS(N)(=O)=O)ccc1F. The smallest absolute Gasteiger partial charge is 0.296 e. The lowest BCUT2D eigenvalue weighted by molar-refractivity contribution is 0.0190. The number of aryl methyl sites for hydroxylation is 1. The van der Waals surface area contributed by atoms with Crippen molar-refractivity contribution in [3.8, 4) is 0 Å². The molecule has 2 rings (SSSR count). The number of nitrogens with two attached hydrogens (primary N) is 1. The number of ether oxygens (including phenoxy) is 1. The number of aromatic nitrogens is 2. The predicted octanol–water partition coefficient (Wildman–Crippen LogP) is 0.179. The number of nitrogens with zero attached hydrogens (tertiary/aromatic N) is 3. The molecule has 0 aliphatic heterocycles. The van der Waals surface area contributed by atoms with Crippen molar-refractivity contribution in [1.82, 2.24) is 15.2 Å². The summed E-state index contributed by atoms with van der Waals surface area (Å²) in [5.41, 5.74) is 1.77. The fourth-order valence-corrected chi connectivity index (χ4v) is 2.34. The Bertz CT molecular complexity index is 901. The van der Waals surface area contributed by atoms with Crippen LogP contribution in [0.15, 0.2) is 28.0 Å². The maximum absolute atomic E-state index is 13.4. The third-order valence-electron chi connectivity index (χ3n) is 3.29. The van der Waals surface area contributed by atoms with Crippen LogP contribution in [0.5, 0.6) is 0 Å². The van der Waals surface area contributed by atoms with Gasteiger partial charge in [0.15, 0.2) is 5.69 Å². The lowest BCUT2D eigenvalue weighted by Gasteiger charge is -2.06. The Hall–Kier alpha value is -2.45. The van der Waals surface area contributed by atoms with Gasteiger partial charge in [0.05, 0.1) is 19.8 Å². The van der Waals surface area contributed by atoms with Crippen LogP contribution in [-0.2, 0) is 32.8 Å². The maximum Gasteiger partial charge on any atom is 0.296 e. The Labute approximate surface area is 154 Å². The number of rotatable bonds is 10. The second-order valence-electron chi connectivity index (χ2n) is 5.40. The summed E-state index contributed by atoms with van der Waals surface area (Å²) in [4.78, 5) is 6.21. The molecule has 0 aliphatic rings. The van der Waals surface area contributed by atoms with Crippen LogP contribution >= 0.6 is 0 Å². The summed E-state index contributed by atoms with van der Waals surface area (Å²) in [6.45, 7) is 1.47. The van der Waals surface area contributed by atoms with E-state index in [0.717, 1.165) is 0 Å². The van der Waals surface area contributed by atoms with Gasteiger partial charge in [0.2, 0.25) is 0 Å². The van der Waals surface area contributed by atoms with E-state index < -0.39 is 10.2 Å². The first-order valence-corrected chi connectivity index (χ1v) is 9.11. The highest BCUT2D eigenvalue weighted by atomic mass is 32.2. The van der Waals surface area contributed by atoms with Gasteiger partial charge in [-0.15, -0.1) is 0 Å². The van der Waals surface area contributed by atoms with Crippen LogP contribution in [0.2, 0.25) is 0 Å². The van der Waals surface area contributed by atoms with E-state index in [2.05, 4.69) is 30.1 Å². The van der Waals surface area contributed by atoms with E-state index in [1.807, 2.05) is 0 Å². The highest BCUT2D eigenvalue weighted by molar-refractivity contribution is 7.87. The van der Waals surface area contributed by atoms with Crippen molar-refractivity contribution < 1.29 is 32.2 Å². The second-order valence-corrected chi connectivity index (χ2v) is 6.65. The normalized spacial score (nSPS) is 12.5. The molecule has 0 fully saturated rings. The van der Waals surface area contributed by atoms with Gasteiger partial charge in [-0.3, -0.25) is 4.84 Å². The Kier molecular flexibility index (Phi) is 7.32. The first-order chi connectivity index (χ1) is 12.8. The molecule has 148 valence electrons. The van der Waals surface area contributed by atoms with Crippen molar-refractivity contribution in [2.24, 2.45) is 10.3 Å². The lowest BCUT2D eigenvalue weighted by atomic mass is 10.0. The predicted molar refractivity (Wildman–Crippen MR) is 89.3 cm³/mol. The first kappa shape index (κ1) is 20.9. The zero-order valence-electron chi connectivity index (χ0n) is 14.3. The van der Waals surface area contributed by atoms with Gasteiger partial charge in [-0.1, -0.05) is 27.3 Å². The molecule has 2 aromatic rings. The van der Waals surface area contributed by atoms with Crippen LogP contribution in [0.1, 0.15) is 22.5 Å². The first-order valence-electron chi connectivity index (χ1n) is 7.57. The molecule has 0 atom stereocenters. The largest absolute Gasteiger partial charge is 0.411 e. The summed E-state index contributed by atoms with van der Waals surface area (Å²) < 4.78 is 44.5. The number of benzene rings is 1. The standard InChI is InChI=1S/C14H18FN5O6S/c1-9-6-10(2-3-11(9)15)7-12(17-21)14-13(18-26-19-14)8-24-4-5-25-20-27(16,22)23/h2-3,6,20-21H,4-5,7-8H2,1H3,(H2,16,22,23)/b17-12+. The van der Waals surface area contributed by atoms with Crippen molar-refractivity contribution >= 4 is 15.9 Å². The molecular formula is C14H18FN5O6S. The number of halogens is 1. The van der Waals surface area contributed by atoms with Crippen molar-refractivity contribution in [2.45, 2.75) is 20.0 Å². The molecule has 0 bridgehead atoms. The summed E-state index contributed by atoms with van der Waals surface area (Å²) >= 11 is 0. The topological polar surface area (TPSA) is 162 Å².